The summed E-state index contributed by atoms with van der Waals surface area (Å²) in [6, 6.07) is 5.53. The molecule has 1 aromatic heterocycles. The monoisotopic (exact) mass is 483 g/mol. The summed E-state index contributed by atoms with van der Waals surface area (Å²) >= 11 is 13.0. The second-order valence-corrected chi connectivity index (χ2v) is 8.83. The number of carbonyl (C=O) groups is 4. The number of rotatable bonds is 6. The summed E-state index contributed by atoms with van der Waals surface area (Å²) in [5.41, 5.74) is -0.292. The number of benzene rings is 1. The molecule has 1 saturated heterocycles. The van der Waals surface area contributed by atoms with E-state index in [1.807, 2.05) is 0 Å². The van der Waals surface area contributed by atoms with Gasteiger partial charge in [0.2, 0.25) is 5.91 Å². The molecule has 4 amide bonds. The van der Waals surface area contributed by atoms with Gasteiger partial charge < -0.3 is 15.4 Å². The number of nitrogens with zero attached hydrogens (tertiary/aromatic N) is 1. The van der Waals surface area contributed by atoms with Gasteiger partial charge in [-0.05, 0) is 50.1 Å². The molecule has 0 radical (unpaired) electrons. The fourth-order valence-corrected chi connectivity index (χ4v) is 4.39. The quantitative estimate of drug-likeness (QED) is 0.478. The van der Waals surface area contributed by atoms with Crippen LogP contribution in [0, 0.1) is 6.92 Å². The van der Waals surface area contributed by atoms with E-state index in [0.29, 0.717) is 26.0 Å². The van der Waals surface area contributed by atoms with Gasteiger partial charge in [-0.3, -0.25) is 14.5 Å². The van der Waals surface area contributed by atoms with E-state index in [1.165, 1.54) is 19.1 Å². The van der Waals surface area contributed by atoms with E-state index in [4.69, 9.17) is 27.9 Å². The van der Waals surface area contributed by atoms with Crippen molar-refractivity contribution in [2.75, 3.05) is 18.5 Å². The molecule has 2 N–H and O–H groups in total. The van der Waals surface area contributed by atoms with Crippen LogP contribution >= 0.6 is 34.5 Å². The van der Waals surface area contributed by atoms with E-state index in [0.717, 1.165) is 16.2 Å². The van der Waals surface area contributed by atoms with Gasteiger partial charge in [-0.1, -0.05) is 29.3 Å². The summed E-state index contributed by atoms with van der Waals surface area (Å²) < 4.78 is 4.98. The Morgan fingerprint density at radius 1 is 1.23 bits per heavy atom. The minimum atomic E-state index is -1.39. The molecule has 31 heavy (non-hydrogen) atoms. The lowest BCUT2D eigenvalue weighted by atomic mass is 9.92. The van der Waals surface area contributed by atoms with Crippen LogP contribution in [0.3, 0.4) is 0 Å². The third-order valence-electron chi connectivity index (χ3n) is 4.71. The lowest BCUT2D eigenvalue weighted by Crippen LogP contribution is -2.42. The van der Waals surface area contributed by atoms with Gasteiger partial charge in [0.05, 0.1) is 21.7 Å². The minimum absolute atomic E-state index is 0.238. The maximum absolute atomic E-state index is 13.0. The Kier molecular flexibility index (Phi) is 6.59. The predicted molar refractivity (Wildman–Crippen MR) is 118 cm³/mol. The molecular weight excluding hydrogens is 465 g/mol. The van der Waals surface area contributed by atoms with E-state index >= 15 is 0 Å². The molecule has 0 aliphatic carbocycles. The molecule has 1 aliphatic rings. The first-order valence-electron chi connectivity index (χ1n) is 9.23. The van der Waals surface area contributed by atoms with Crippen LogP contribution in [0.25, 0.3) is 0 Å². The Balaban J connectivity index is 1.73. The van der Waals surface area contributed by atoms with Gasteiger partial charge in [0.1, 0.15) is 17.0 Å². The number of thiophene rings is 1. The zero-order valence-corrected chi connectivity index (χ0v) is 19.2. The third kappa shape index (κ3) is 4.53. The Morgan fingerprint density at radius 2 is 1.94 bits per heavy atom. The van der Waals surface area contributed by atoms with Gasteiger partial charge in [-0.25, -0.2) is 9.59 Å². The van der Waals surface area contributed by atoms with Gasteiger partial charge in [0, 0.05) is 0 Å². The highest BCUT2D eigenvalue weighted by Crippen LogP contribution is 2.33. The molecule has 2 aromatic rings. The van der Waals surface area contributed by atoms with Crippen molar-refractivity contribution in [2.24, 2.45) is 0 Å². The molecule has 1 aromatic carbocycles. The van der Waals surface area contributed by atoms with E-state index in [2.05, 4.69) is 10.6 Å². The number of hydrogen-bond acceptors (Lipinski definition) is 6. The SMILES string of the molecule is CCOC(=O)c1sc(NC(=O)CN2C(=O)NC(C)(c3ccc(Cl)c(Cl)c3)C2=O)cc1C. The number of halogens is 2. The number of anilines is 1. The van der Waals surface area contributed by atoms with Crippen molar-refractivity contribution in [2.45, 2.75) is 26.3 Å². The number of hydrogen-bond donors (Lipinski definition) is 2. The van der Waals surface area contributed by atoms with Crippen molar-refractivity contribution in [3.8, 4) is 0 Å². The lowest BCUT2D eigenvalue weighted by molar-refractivity contribution is -0.133. The second kappa shape index (κ2) is 8.86. The molecule has 2 heterocycles. The van der Waals surface area contributed by atoms with Crippen molar-refractivity contribution in [1.82, 2.24) is 10.2 Å². The summed E-state index contributed by atoms with van der Waals surface area (Å²) in [6.45, 7) is 4.69. The zero-order valence-electron chi connectivity index (χ0n) is 16.9. The fraction of sp³-hybridized carbons (Fsp3) is 0.300. The maximum atomic E-state index is 13.0. The van der Waals surface area contributed by atoms with Crippen LogP contribution < -0.4 is 10.6 Å². The predicted octanol–water partition coefficient (Wildman–Crippen LogP) is 3.95. The first kappa shape index (κ1) is 23.1. The van der Waals surface area contributed by atoms with Crippen LogP contribution in [-0.2, 0) is 19.9 Å². The lowest BCUT2D eigenvalue weighted by Gasteiger charge is -2.22. The van der Waals surface area contributed by atoms with Crippen molar-refractivity contribution in [3.05, 3.63) is 50.3 Å². The molecular formula is C20H19Cl2N3O5S. The Hall–Kier alpha value is -2.62. The summed E-state index contributed by atoms with van der Waals surface area (Å²) in [6.07, 6.45) is 0. The minimum Gasteiger partial charge on any atom is -0.462 e. The molecule has 1 fully saturated rings. The molecule has 1 unspecified atom stereocenters. The Morgan fingerprint density at radius 3 is 2.58 bits per heavy atom. The van der Waals surface area contributed by atoms with Crippen molar-refractivity contribution in [1.29, 1.82) is 0 Å². The largest absolute Gasteiger partial charge is 0.462 e. The Bertz CT molecular complexity index is 1090. The van der Waals surface area contributed by atoms with Crippen LogP contribution in [0.4, 0.5) is 9.80 Å². The van der Waals surface area contributed by atoms with Gasteiger partial charge in [0.15, 0.2) is 0 Å². The van der Waals surface area contributed by atoms with Crippen molar-refractivity contribution >= 4 is 63.4 Å². The summed E-state index contributed by atoms with van der Waals surface area (Å²) in [7, 11) is 0. The molecule has 3 rings (SSSR count). The Labute approximate surface area is 192 Å². The molecule has 1 aliphatic heterocycles. The number of aryl methyl sites for hydroxylation is 1. The number of carbonyl (C=O) groups excluding carboxylic acids is 4. The third-order valence-corrected chi connectivity index (χ3v) is 6.59. The second-order valence-electron chi connectivity index (χ2n) is 6.97. The van der Waals surface area contributed by atoms with Crippen LogP contribution in [-0.4, -0.2) is 41.9 Å². The number of amides is 4. The standard InChI is InChI=1S/C20H19Cl2N3O5S/c1-4-30-17(27)16-10(2)7-15(31-16)23-14(26)9-25-18(28)20(3,24-19(25)29)11-5-6-12(21)13(22)8-11/h5-8H,4,9H2,1-3H3,(H,23,26)(H,24,29). The molecule has 8 nitrogen and oxygen atoms in total. The normalized spacial score (nSPS) is 18.2. The summed E-state index contributed by atoms with van der Waals surface area (Å²) in [5, 5.41) is 6.18. The highest BCUT2D eigenvalue weighted by Gasteiger charge is 2.49. The number of imide groups is 1. The average molecular weight is 484 g/mol. The fourth-order valence-electron chi connectivity index (χ4n) is 3.11. The van der Waals surface area contributed by atoms with E-state index < -0.39 is 35.9 Å². The van der Waals surface area contributed by atoms with Crippen molar-refractivity contribution in [3.63, 3.8) is 0 Å². The molecule has 0 saturated carbocycles. The smallest absolute Gasteiger partial charge is 0.348 e. The highest BCUT2D eigenvalue weighted by molar-refractivity contribution is 7.18. The van der Waals surface area contributed by atoms with E-state index in [1.54, 1.807) is 26.0 Å². The summed E-state index contributed by atoms with van der Waals surface area (Å²) in [5.74, 6) is -1.66. The molecule has 0 bridgehead atoms. The number of urea groups is 1. The molecule has 0 spiro atoms. The van der Waals surface area contributed by atoms with E-state index in [9.17, 15) is 19.2 Å². The van der Waals surface area contributed by atoms with Crippen LogP contribution in [0.1, 0.15) is 34.6 Å². The van der Waals surface area contributed by atoms with Gasteiger partial charge >= 0.3 is 12.0 Å². The summed E-state index contributed by atoms with van der Waals surface area (Å²) in [4.78, 5) is 51.0. The maximum Gasteiger partial charge on any atom is 0.348 e. The molecule has 11 heteroatoms. The number of ether oxygens (including phenoxy) is 1. The van der Waals surface area contributed by atoms with Gasteiger partial charge in [0.25, 0.3) is 5.91 Å². The van der Waals surface area contributed by atoms with Gasteiger partial charge in [-0.2, -0.15) is 0 Å². The first-order chi connectivity index (χ1) is 14.6. The van der Waals surface area contributed by atoms with Crippen LogP contribution in [0.5, 0.6) is 0 Å². The molecule has 164 valence electrons. The van der Waals surface area contributed by atoms with Gasteiger partial charge in [-0.15, -0.1) is 11.3 Å². The number of esters is 1. The molecule has 1 atom stereocenters. The zero-order chi connectivity index (χ0) is 22.9. The van der Waals surface area contributed by atoms with Crippen LogP contribution in [0.15, 0.2) is 24.3 Å². The topological polar surface area (TPSA) is 105 Å². The van der Waals surface area contributed by atoms with E-state index in [-0.39, 0.29) is 11.6 Å². The number of nitrogens with one attached hydrogen (secondary N) is 2. The highest BCUT2D eigenvalue weighted by atomic mass is 35.5. The van der Waals surface area contributed by atoms with Crippen LogP contribution in [0.2, 0.25) is 10.0 Å². The first-order valence-corrected chi connectivity index (χ1v) is 10.8. The average Bonchev–Trinajstić information content (AvgIpc) is 3.16. The van der Waals surface area contributed by atoms with Crippen molar-refractivity contribution < 1.29 is 23.9 Å².